The van der Waals surface area contributed by atoms with Gasteiger partial charge in [-0.3, -0.25) is 4.90 Å². The summed E-state index contributed by atoms with van der Waals surface area (Å²) in [4.78, 5) is 8.38. The number of thiocarbonyl (C=S) groups is 1. The van der Waals surface area contributed by atoms with Crippen LogP contribution in [0.5, 0.6) is 0 Å². The minimum absolute atomic E-state index is 0.306. The zero-order chi connectivity index (χ0) is 19.5. The van der Waals surface area contributed by atoms with Gasteiger partial charge in [-0.2, -0.15) is 0 Å². The fraction of sp³-hybridized carbons (Fsp3) is 0.261. The lowest BCUT2D eigenvalue weighted by molar-refractivity contribution is 0.248. The Bertz CT molecular complexity index is 914. The third-order valence-electron chi connectivity index (χ3n) is 5.16. The van der Waals surface area contributed by atoms with E-state index in [1.165, 1.54) is 21.2 Å². The van der Waals surface area contributed by atoms with E-state index in [4.69, 9.17) is 12.2 Å². The SMILES string of the molecule is C=CCNC(=S)c1ccc2c(c1)N(C(CC)N1CC=CC1)c1ccccc1S2. The molecule has 144 valence electrons. The van der Waals surface area contributed by atoms with Crippen molar-refractivity contribution in [2.75, 3.05) is 24.5 Å². The van der Waals surface area contributed by atoms with E-state index in [2.05, 4.69) is 83.2 Å². The first-order valence-corrected chi connectivity index (χ1v) is 10.9. The standard InChI is InChI=1S/C23H25N3S2/c1-3-13-24-23(27)17-11-12-21-19(16-17)26(18-9-5-6-10-20(18)28-21)22(4-2)25-14-7-8-15-25/h3,5-12,16,22H,1,4,13-15H2,2H3,(H,24,27). The monoisotopic (exact) mass is 407 g/mol. The second-order valence-electron chi connectivity index (χ2n) is 6.94. The van der Waals surface area contributed by atoms with Crippen LogP contribution < -0.4 is 10.2 Å². The molecule has 4 rings (SSSR count). The van der Waals surface area contributed by atoms with Crippen molar-refractivity contribution >= 4 is 40.3 Å². The number of nitrogens with one attached hydrogen (secondary N) is 1. The van der Waals surface area contributed by atoms with Gasteiger partial charge in [-0.05, 0) is 30.7 Å². The van der Waals surface area contributed by atoms with Gasteiger partial charge in [0.25, 0.3) is 0 Å². The molecule has 5 heteroatoms. The average molecular weight is 408 g/mol. The van der Waals surface area contributed by atoms with E-state index < -0.39 is 0 Å². The molecule has 0 saturated carbocycles. The van der Waals surface area contributed by atoms with Crippen molar-refractivity contribution in [2.45, 2.75) is 29.3 Å². The van der Waals surface area contributed by atoms with Crippen molar-refractivity contribution in [1.29, 1.82) is 0 Å². The van der Waals surface area contributed by atoms with Crippen molar-refractivity contribution in [3.63, 3.8) is 0 Å². The van der Waals surface area contributed by atoms with Gasteiger partial charge in [0.15, 0.2) is 0 Å². The molecule has 0 amide bonds. The second kappa shape index (κ2) is 8.52. The summed E-state index contributed by atoms with van der Waals surface area (Å²) in [6, 6.07) is 15.3. The van der Waals surface area contributed by atoms with Gasteiger partial charge in [0.05, 0.1) is 17.5 Å². The molecule has 2 aromatic rings. The zero-order valence-electron chi connectivity index (χ0n) is 16.1. The molecule has 0 aromatic heterocycles. The van der Waals surface area contributed by atoms with Crippen LogP contribution in [0.1, 0.15) is 18.9 Å². The fourth-order valence-electron chi connectivity index (χ4n) is 3.85. The number of hydrogen-bond donors (Lipinski definition) is 1. The summed E-state index contributed by atoms with van der Waals surface area (Å²) in [5, 5.41) is 3.26. The Hall–Kier alpha value is -2.08. The van der Waals surface area contributed by atoms with Gasteiger partial charge >= 0.3 is 0 Å². The Morgan fingerprint density at radius 2 is 1.93 bits per heavy atom. The van der Waals surface area contributed by atoms with Gasteiger partial charge in [0.1, 0.15) is 4.99 Å². The molecule has 0 aliphatic carbocycles. The molecule has 3 nitrogen and oxygen atoms in total. The topological polar surface area (TPSA) is 18.5 Å². The quantitative estimate of drug-likeness (QED) is 0.512. The van der Waals surface area contributed by atoms with E-state index >= 15 is 0 Å². The smallest absolute Gasteiger partial charge is 0.106 e. The normalized spacial score (nSPS) is 16.4. The van der Waals surface area contributed by atoms with Gasteiger partial charge in [-0.15, -0.1) is 6.58 Å². The molecule has 0 bridgehead atoms. The molecule has 1 N–H and O–H groups in total. The molecular weight excluding hydrogens is 382 g/mol. The van der Waals surface area contributed by atoms with Gasteiger partial charge in [-0.25, -0.2) is 0 Å². The molecule has 1 unspecified atom stereocenters. The molecule has 0 fully saturated rings. The molecule has 0 radical (unpaired) electrons. The third kappa shape index (κ3) is 3.62. The average Bonchev–Trinajstić information content (AvgIpc) is 3.26. The van der Waals surface area contributed by atoms with Crippen LogP contribution in [0.15, 0.2) is 77.1 Å². The molecule has 1 atom stereocenters. The Balaban J connectivity index is 1.78. The van der Waals surface area contributed by atoms with Crippen molar-refractivity contribution in [2.24, 2.45) is 0 Å². The Morgan fingerprint density at radius 3 is 2.68 bits per heavy atom. The van der Waals surface area contributed by atoms with Crippen LogP contribution in [0, 0.1) is 0 Å². The van der Waals surface area contributed by atoms with E-state index in [9.17, 15) is 0 Å². The van der Waals surface area contributed by atoms with Crippen LogP contribution in [0.4, 0.5) is 11.4 Å². The maximum atomic E-state index is 5.60. The largest absolute Gasteiger partial charge is 0.372 e. The first-order valence-electron chi connectivity index (χ1n) is 9.71. The Morgan fingerprint density at radius 1 is 1.18 bits per heavy atom. The molecule has 28 heavy (non-hydrogen) atoms. The van der Waals surface area contributed by atoms with Crippen LogP contribution >= 0.6 is 24.0 Å². The lowest BCUT2D eigenvalue weighted by Crippen LogP contribution is -2.46. The Kier molecular flexibility index (Phi) is 5.85. The molecule has 2 aliphatic rings. The van der Waals surface area contributed by atoms with E-state index in [0.717, 1.165) is 30.1 Å². The van der Waals surface area contributed by atoms with Crippen LogP contribution in [-0.4, -0.2) is 35.7 Å². The Labute approximate surface area is 177 Å². The summed E-state index contributed by atoms with van der Waals surface area (Å²) in [5.41, 5.74) is 3.57. The number of anilines is 2. The van der Waals surface area contributed by atoms with E-state index in [-0.39, 0.29) is 0 Å². The summed E-state index contributed by atoms with van der Waals surface area (Å²) in [7, 11) is 0. The summed E-state index contributed by atoms with van der Waals surface area (Å²) in [6.45, 7) is 8.71. The van der Waals surface area contributed by atoms with Crippen molar-refractivity contribution < 1.29 is 0 Å². The number of para-hydroxylation sites is 1. The number of rotatable bonds is 6. The van der Waals surface area contributed by atoms with E-state index in [1.54, 1.807) is 0 Å². The molecule has 2 aliphatic heterocycles. The predicted molar refractivity (Wildman–Crippen MR) is 124 cm³/mol. The predicted octanol–water partition coefficient (Wildman–Crippen LogP) is 5.35. The van der Waals surface area contributed by atoms with Crippen molar-refractivity contribution in [3.8, 4) is 0 Å². The van der Waals surface area contributed by atoms with Crippen LogP contribution in [0.25, 0.3) is 0 Å². The van der Waals surface area contributed by atoms with Gasteiger partial charge in [0, 0.05) is 35.0 Å². The zero-order valence-corrected chi connectivity index (χ0v) is 17.7. The highest BCUT2D eigenvalue weighted by Crippen LogP contribution is 2.50. The minimum atomic E-state index is 0.306. The maximum Gasteiger partial charge on any atom is 0.106 e. The number of fused-ring (bicyclic) bond motifs is 2. The summed E-state index contributed by atoms with van der Waals surface area (Å²) >= 11 is 7.44. The fourth-order valence-corrected chi connectivity index (χ4v) is 5.12. The number of nitrogens with zero attached hydrogens (tertiary/aromatic N) is 2. The van der Waals surface area contributed by atoms with Crippen LogP contribution in [0.3, 0.4) is 0 Å². The highest BCUT2D eigenvalue weighted by molar-refractivity contribution is 7.99. The molecular formula is C23H25N3S2. The maximum absolute atomic E-state index is 5.60. The summed E-state index contributed by atoms with van der Waals surface area (Å²) < 4.78 is 0. The van der Waals surface area contributed by atoms with E-state index in [0.29, 0.717) is 12.7 Å². The minimum Gasteiger partial charge on any atom is -0.372 e. The molecule has 0 saturated heterocycles. The molecule has 0 spiro atoms. The number of hydrogen-bond acceptors (Lipinski definition) is 4. The van der Waals surface area contributed by atoms with Crippen molar-refractivity contribution in [1.82, 2.24) is 10.2 Å². The third-order valence-corrected chi connectivity index (χ3v) is 6.67. The lowest BCUT2D eigenvalue weighted by Gasteiger charge is -2.42. The molecule has 2 aromatic carbocycles. The summed E-state index contributed by atoms with van der Waals surface area (Å²) in [5.74, 6) is 0. The highest BCUT2D eigenvalue weighted by atomic mass is 32.2. The summed E-state index contributed by atoms with van der Waals surface area (Å²) in [6.07, 6.45) is 7.71. The van der Waals surface area contributed by atoms with Gasteiger partial charge in [0.2, 0.25) is 0 Å². The van der Waals surface area contributed by atoms with E-state index in [1.807, 2.05) is 17.8 Å². The van der Waals surface area contributed by atoms with Gasteiger partial charge in [-0.1, -0.05) is 67.3 Å². The molecule has 2 heterocycles. The highest BCUT2D eigenvalue weighted by Gasteiger charge is 2.32. The first-order chi connectivity index (χ1) is 13.7. The second-order valence-corrected chi connectivity index (χ2v) is 8.43. The van der Waals surface area contributed by atoms with Crippen molar-refractivity contribution in [3.05, 3.63) is 72.8 Å². The van der Waals surface area contributed by atoms with Crippen LogP contribution in [0.2, 0.25) is 0 Å². The lowest BCUT2D eigenvalue weighted by atomic mass is 10.1. The number of benzene rings is 2. The van der Waals surface area contributed by atoms with Crippen LogP contribution in [-0.2, 0) is 0 Å². The first kappa shape index (κ1) is 19.2. The van der Waals surface area contributed by atoms with Gasteiger partial charge < -0.3 is 10.2 Å².